The van der Waals surface area contributed by atoms with Gasteiger partial charge in [0.2, 0.25) is 0 Å². The normalized spacial score (nSPS) is 13.1. The Morgan fingerprint density at radius 2 is 1.90 bits per heavy atom. The Morgan fingerprint density at radius 3 is 2.45 bits per heavy atom. The molecule has 4 nitrogen and oxygen atoms in total. The minimum Gasteiger partial charge on any atom is -0.493 e. The summed E-state index contributed by atoms with van der Waals surface area (Å²) in [4.78, 5) is 0. The molecule has 0 aromatic heterocycles. The van der Waals surface area contributed by atoms with Crippen molar-refractivity contribution in [1.29, 1.82) is 0 Å². The fraction of sp³-hybridized carbons (Fsp3) is 0.625. The van der Waals surface area contributed by atoms with Crippen molar-refractivity contribution in [2.75, 3.05) is 20.8 Å². The molecule has 0 aliphatic carbocycles. The summed E-state index contributed by atoms with van der Waals surface area (Å²) in [5.41, 5.74) is 6.80. The maximum Gasteiger partial charge on any atom is 0.161 e. The Morgan fingerprint density at radius 1 is 1.20 bits per heavy atom. The molecule has 1 atom stereocenters. The van der Waals surface area contributed by atoms with Crippen LogP contribution in [0.25, 0.3) is 0 Å². The summed E-state index contributed by atoms with van der Waals surface area (Å²) in [6.45, 7) is 6.66. The van der Waals surface area contributed by atoms with Gasteiger partial charge in [-0.2, -0.15) is 0 Å². The third-order valence-corrected chi connectivity index (χ3v) is 3.30. The summed E-state index contributed by atoms with van der Waals surface area (Å²) in [5.74, 6) is 1.51. The van der Waals surface area contributed by atoms with Crippen LogP contribution in [0.1, 0.15) is 32.8 Å². The fourth-order valence-electron chi connectivity index (χ4n) is 1.84. The third kappa shape index (κ3) is 5.39. The summed E-state index contributed by atoms with van der Waals surface area (Å²) in [6, 6.07) is 6.08. The van der Waals surface area contributed by atoms with Crippen LogP contribution in [-0.2, 0) is 11.2 Å². The van der Waals surface area contributed by atoms with Crippen LogP contribution in [0.3, 0.4) is 0 Å². The molecule has 114 valence electrons. The third-order valence-electron chi connectivity index (χ3n) is 3.30. The molecule has 0 aliphatic rings. The van der Waals surface area contributed by atoms with Gasteiger partial charge in [0, 0.05) is 19.6 Å². The van der Waals surface area contributed by atoms with Gasteiger partial charge in [-0.15, -0.1) is 0 Å². The van der Waals surface area contributed by atoms with Gasteiger partial charge in [0.05, 0.1) is 19.3 Å². The van der Waals surface area contributed by atoms with Crippen molar-refractivity contribution < 1.29 is 14.2 Å². The molecule has 20 heavy (non-hydrogen) atoms. The van der Waals surface area contributed by atoms with E-state index in [2.05, 4.69) is 0 Å². The number of hydrogen-bond acceptors (Lipinski definition) is 4. The topological polar surface area (TPSA) is 53.7 Å². The van der Waals surface area contributed by atoms with E-state index in [-0.39, 0.29) is 11.6 Å². The zero-order chi connectivity index (χ0) is 15.2. The molecular formula is C16H27NO3. The smallest absolute Gasteiger partial charge is 0.161 e. The number of ether oxygens (including phenoxy) is 3. The molecule has 0 spiro atoms. The molecule has 0 bridgehead atoms. The van der Waals surface area contributed by atoms with Crippen molar-refractivity contribution in [3.63, 3.8) is 0 Å². The molecule has 0 saturated heterocycles. The van der Waals surface area contributed by atoms with E-state index < -0.39 is 0 Å². The molecule has 0 fully saturated rings. The van der Waals surface area contributed by atoms with Gasteiger partial charge < -0.3 is 19.9 Å². The van der Waals surface area contributed by atoms with E-state index in [0.29, 0.717) is 6.61 Å². The van der Waals surface area contributed by atoms with E-state index in [0.717, 1.165) is 29.9 Å². The van der Waals surface area contributed by atoms with Crippen LogP contribution in [0, 0.1) is 0 Å². The standard InChI is InChI=1S/C16H27NO3/c1-12(17)10-13-6-7-14(18-4)15(11-13)20-9-8-16(2,3)19-5/h6-7,11-12H,8-10,17H2,1-5H3. The summed E-state index contributed by atoms with van der Waals surface area (Å²) in [7, 11) is 3.36. The number of methoxy groups -OCH3 is 2. The van der Waals surface area contributed by atoms with Crippen LogP contribution in [0.2, 0.25) is 0 Å². The highest BCUT2D eigenvalue weighted by atomic mass is 16.5. The highest BCUT2D eigenvalue weighted by Gasteiger charge is 2.16. The summed E-state index contributed by atoms with van der Waals surface area (Å²) < 4.78 is 16.5. The van der Waals surface area contributed by atoms with Crippen LogP contribution >= 0.6 is 0 Å². The Balaban J connectivity index is 2.71. The van der Waals surface area contributed by atoms with E-state index in [1.54, 1.807) is 14.2 Å². The maximum atomic E-state index is 5.84. The summed E-state index contributed by atoms with van der Waals surface area (Å²) in [5, 5.41) is 0. The first-order valence-corrected chi connectivity index (χ1v) is 6.98. The predicted octanol–water partition coefficient (Wildman–Crippen LogP) is 2.78. The van der Waals surface area contributed by atoms with Crippen molar-refractivity contribution in [3.05, 3.63) is 23.8 Å². The Labute approximate surface area is 122 Å². The highest BCUT2D eigenvalue weighted by molar-refractivity contribution is 5.43. The van der Waals surface area contributed by atoms with E-state index in [1.165, 1.54) is 0 Å². The molecule has 1 aromatic carbocycles. The van der Waals surface area contributed by atoms with E-state index >= 15 is 0 Å². The SMILES string of the molecule is COc1ccc(CC(C)N)cc1OCCC(C)(C)OC. The van der Waals surface area contributed by atoms with Gasteiger partial charge in [0.15, 0.2) is 11.5 Å². The fourth-order valence-corrected chi connectivity index (χ4v) is 1.84. The van der Waals surface area contributed by atoms with Gasteiger partial charge in [-0.05, 0) is 44.9 Å². The molecule has 4 heteroatoms. The molecule has 0 aliphatic heterocycles. The second-order valence-corrected chi connectivity index (χ2v) is 5.73. The van der Waals surface area contributed by atoms with Crippen molar-refractivity contribution >= 4 is 0 Å². The van der Waals surface area contributed by atoms with Gasteiger partial charge >= 0.3 is 0 Å². The molecule has 0 radical (unpaired) electrons. The Hall–Kier alpha value is -1.26. The van der Waals surface area contributed by atoms with Crippen molar-refractivity contribution in [1.82, 2.24) is 0 Å². The van der Waals surface area contributed by atoms with E-state index in [4.69, 9.17) is 19.9 Å². The van der Waals surface area contributed by atoms with Crippen LogP contribution in [0.5, 0.6) is 11.5 Å². The van der Waals surface area contributed by atoms with Crippen LogP contribution in [-0.4, -0.2) is 32.5 Å². The zero-order valence-electron chi connectivity index (χ0n) is 13.2. The van der Waals surface area contributed by atoms with Gasteiger partial charge in [-0.3, -0.25) is 0 Å². The highest BCUT2D eigenvalue weighted by Crippen LogP contribution is 2.29. The van der Waals surface area contributed by atoms with Gasteiger partial charge in [-0.1, -0.05) is 6.07 Å². The largest absolute Gasteiger partial charge is 0.493 e. The zero-order valence-corrected chi connectivity index (χ0v) is 13.2. The first kappa shape index (κ1) is 16.8. The molecule has 0 amide bonds. The molecule has 1 unspecified atom stereocenters. The lowest BCUT2D eigenvalue weighted by Crippen LogP contribution is -2.25. The summed E-state index contributed by atoms with van der Waals surface area (Å²) in [6.07, 6.45) is 1.63. The first-order valence-electron chi connectivity index (χ1n) is 6.98. The minimum atomic E-state index is -0.184. The van der Waals surface area contributed by atoms with E-state index in [1.807, 2.05) is 39.0 Å². The van der Waals surface area contributed by atoms with Crippen LogP contribution in [0.15, 0.2) is 18.2 Å². The monoisotopic (exact) mass is 281 g/mol. The van der Waals surface area contributed by atoms with Crippen LogP contribution in [0.4, 0.5) is 0 Å². The van der Waals surface area contributed by atoms with Gasteiger partial charge in [0.1, 0.15) is 0 Å². The lowest BCUT2D eigenvalue weighted by molar-refractivity contribution is 0.00525. The second-order valence-electron chi connectivity index (χ2n) is 5.73. The number of rotatable bonds is 8. The minimum absolute atomic E-state index is 0.128. The average Bonchev–Trinajstić information content (AvgIpc) is 2.38. The number of nitrogens with two attached hydrogens (primary N) is 1. The summed E-state index contributed by atoms with van der Waals surface area (Å²) >= 11 is 0. The molecule has 1 aromatic rings. The number of hydrogen-bond donors (Lipinski definition) is 1. The lowest BCUT2D eigenvalue weighted by Gasteiger charge is -2.23. The van der Waals surface area contributed by atoms with E-state index in [9.17, 15) is 0 Å². The first-order chi connectivity index (χ1) is 9.38. The van der Waals surface area contributed by atoms with Crippen molar-refractivity contribution in [2.24, 2.45) is 5.73 Å². The lowest BCUT2D eigenvalue weighted by atomic mass is 10.1. The predicted molar refractivity (Wildman–Crippen MR) is 81.5 cm³/mol. The molecular weight excluding hydrogens is 254 g/mol. The molecule has 1 rings (SSSR count). The Bertz CT molecular complexity index is 416. The molecule has 0 heterocycles. The van der Waals surface area contributed by atoms with Crippen molar-refractivity contribution in [3.8, 4) is 11.5 Å². The van der Waals surface area contributed by atoms with Crippen molar-refractivity contribution in [2.45, 2.75) is 45.3 Å². The van der Waals surface area contributed by atoms with Gasteiger partial charge in [0.25, 0.3) is 0 Å². The number of benzene rings is 1. The maximum absolute atomic E-state index is 5.84. The van der Waals surface area contributed by atoms with Gasteiger partial charge in [-0.25, -0.2) is 0 Å². The van der Waals surface area contributed by atoms with Crippen LogP contribution < -0.4 is 15.2 Å². The molecule has 2 N–H and O–H groups in total. The Kier molecular flexibility index (Phi) is 6.30. The quantitative estimate of drug-likeness (QED) is 0.796. The second kappa shape index (κ2) is 7.50. The molecule has 0 saturated carbocycles. The average molecular weight is 281 g/mol.